The number of nitrogens with one attached hydrogen (secondary N) is 1. The number of rotatable bonds is 6. The van der Waals surface area contributed by atoms with Crippen molar-refractivity contribution in [1.29, 1.82) is 0 Å². The summed E-state index contributed by atoms with van der Waals surface area (Å²) >= 11 is 1.43. The number of methoxy groups -OCH3 is 1. The Morgan fingerprint density at radius 1 is 1.33 bits per heavy atom. The van der Waals surface area contributed by atoms with Crippen molar-refractivity contribution in [2.24, 2.45) is 0 Å². The topological polar surface area (TPSA) is 55.4 Å². The predicted octanol–water partition coefficient (Wildman–Crippen LogP) is 2.31. The summed E-state index contributed by atoms with van der Waals surface area (Å²) in [4.78, 5) is 22.7. The molecule has 4 nitrogen and oxygen atoms in total. The Kier molecular flexibility index (Phi) is 6.28. The number of hydrogen-bond acceptors (Lipinski definition) is 4. The van der Waals surface area contributed by atoms with E-state index in [0.29, 0.717) is 12.2 Å². The molecule has 18 heavy (non-hydrogen) atoms. The van der Waals surface area contributed by atoms with Gasteiger partial charge in [0.2, 0.25) is 5.91 Å². The molecule has 0 aliphatic carbocycles. The number of para-hydroxylation sites is 1. The summed E-state index contributed by atoms with van der Waals surface area (Å²) in [6.45, 7) is 1.82. The van der Waals surface area contributed by atoms with Crippen LogP contribution >= 0.6 is 11.8 Å². The van der Waals surface area contributed by atoms with Crippen LogP contribution in [0.1, 0.15) is 13.3 Å². The summed E-state index contributed by atoms with van der Waals surface area (Å²) in [5.41, 5.74) is 0.780. The molecular formula is C13H17NO3S. The van der Waals surface area contributed by atoms with Crippen LogP contribution < -0.4 is 5.32 Å². The van der Waals surface area contributed by atoms with Gasteiger partial charge in [0.25, 0.3) is 0 Å². The van der Waals surface area contributed by atoms with Crippen LogP contribution in [0.3, 0.4) is 0 Å². The zero-order valence-electron chi connectivity index (χ0n) is 10.5. The fourth-order valence-electron chi connectivity index (χ4n) is 1.26. The third kappa shape index (κ3) is 5.23. The lowest BCUT2D eigenvalue weighted by molar-refractivity contribution is -0.140. The average Bonchev–Trinajstić information content (AvgIpc) is 2.39. The fourth-order valence-corrected chi connectivity index (χ4v) is 2.11. The summed E-state index contributed by atoms with van der Waals surface area (Å²) < 4.78 is 4.54. The molecule has 1 unspecified atom stereocenters. The van der Waals surface area contributed by atoms with Crippen LogP contribution in [-0.2, 0) is 14.3 Å². The number of esters is 1. The molecule has 98 valence electrons. The standard InChI is InChI=1S/C13H17NO3S/c1-10(18-9-8-12(15)17-2)13(16)14-11-6-4-3-5-7-11/h3-7,10H,8-9H2,1-2H3,(H,14,16). The largest absolute Gasteiger partial charge is 0.469 e. The molecule has 0 fully saturated rings. The molecule has 0 heterocycles. The zero-order chi connectivity index (χ0) is 13.4. The smallest absolute Gasteiger partial charge is 0.306 e. The Hall–Kier alpha value is -1.49. The van der Waals surface area contributed by atoms with Crippen molar-refractivity contribution in [3.63, 3.8) is 0 Å². The number of benzene rings is 1. The molecule has 0 spiro atoms. The molecule has 1 aromatic rings. The van der Waals surface area contributed by atoms with Crippen molar-refractivity contribution < 1.29 is 14.3 Å². The number of anilines is 1. The number of amides is 1. The maximum Gasteiger partial charge on any atom is 0.306 e. The molecule has 1 N–H and O–H groups in total. The summed E-state index contributed by atoms with van der Waals surface area (Å²) in [6.07, 6.45) is 0.324. The van der Waals surface area contributed by atoms with E-state index in [1.54, 1.807) is 0 Å². The third-order valence-electron chi connectivity index (χ3n) is 2.31. The first-order chi connectivity index (χ1) is 8.63. The van der Waals surface area contributed by atoms with Crippen molar-refractivity contribution >= 4 is 29.3 Å². The molecule has 1 amide bonds. The van der Waals surface area contributed by atoms with Crippen LogP contribution in [0.25, 0.3) is 0 Å². The lowest BCUT2D eigenvalue weighted by atomic mass is 10.3. The van der Waals surface area contributed by atoms with Crippen LogP contribution in [0.15, 0.2) is 30.3 Å². The molecule has 0 aromatic heterocycles. The van der Waals surface area contributed by atoms with Crippen LogP contribution in [0, 0.1) is 0 Å². The number of carbonyl (C=O) groups is 2. The summed E-state index contributed by atoms with van der Waals surface area (Å²) in [7, 11) is 1.36. The van der Waals surface area contributed by atoms with Gasteiger partial charge < -0.3 is 10.1 Å². The van der Waals surface area contributed by atoms with Gasteiger partial charge >= 0.3 is 5.97 Å². The molecule has 1 atom stereocenters. The van der Waals surface area contributed by atoms with Crippen molar-refractivity contribution in [3.05, 3.63) is 30.3 Å². The minimum atomic E-state index is -0.252. The van der Waals surface area contributed by atoms with Crippen LogP contribution in [0.2, 0.25) is 0 Å². The Balaban J connectivity index is 2.31. The van der Waals surface area contributed by atoms with Gasteiger partial charge in [-0.25, -0.2) is 0 Å². The van der Waals surface area contributed by atoms with E-state index in [2.05, 4.69) is 10.1 Å². The van der Waals surface area contributed by atoms with Gasteiger partial charge in [-0.3, -0.25) is 9.59 Å². The second-order valence-corrected chi connectivity index (χ2v) is 5.14. The minimum Gasteiger partial charge on any atom is -0.469 e. The first kappa shape index (κ1) is 14.6. The van der Waals surface area contributed by atoms with E-state index in [-0.39, 0.29) is 17.1 Å². The molecule has 1 rings (SSSR count). The highest BCUT2D eigenvalue weighted by atomic mass is 32.2. The van der Waals surface area contributed by atoms with Crippen molar-refractivity contribution in [2.75, 3.05) is 18.2 Å². The molecule has 0 radical (unpaired) electrons. The highest BCUT2D eigenvalue weighted by molar-refractivity contribution is 8.00. The first-order valence-electron chi connectivity index (χ1n) is 5.68. The van der Waals surface area contributed by atoms with Crippen LogP contribution in [-0.4, -0.2) is 30.0 Å². The predicted molar refractivity (Wildman–Crippen MR) is 73.6 cm³/mol. The minimum absolute atomic E-state index is 0.0592. The van der Waals surface area contributed by atoms with Crippen LogP contribution in [0.5, 0.6) is 0 Å². The van der Waals surface area contributed by atoms with Gasteiger partial charge in [0, 0.05) is 11.4 Å². The van der Waals surface area contributed by atoms with E-state index >= 15 is 0 Å². The maximum atomic E-state index is 11.8. The van der Waals surface area contributed by atoms with E-state index < -0.39 is 0 Å². The van der Waals surface area contributed by atoms with E-state index in [0.717, 1.165) is 5.69 Å². The third-order valence-corrected chi connectivity index (χ3v) is 3.47. The Morgan fingerprint density at radius 2 is 2.00 bits per heavy atom. The van der Waals surface area contributed by atoms with Gasteiger partial charge in [0.1, 0.15) is 0 Å². The van der Waals surface area contributed by atoms with Crippen molar-refractivity contribution in [3.8, 4) is 0 Å². The first-order valence-corrected chi connectivity index (χ1v) is 6.72. The number of hydrogen-bond donors (Lipinski definition) is 1. The second-order valence-electron chi connectivity index (χ2n) is 3.69. The van der Waals surface area contributed by atoms with Gasteiger partial charge in [0.05, 0.1) is 18.8 Å². The molecule has 5 heteroatoms. The van der Waals surface area contributed by atoms with Gasteiger partial charge in [-0.15, -0.1) is 11.8 Å². The number of carbonyl (C=O) groups excluding carboxylic acids is 2. The van der Waals surface area contributed by atoms with Crippen LogP contribution in [0.4, 0.5) is 5.69 Å². The molecule has 0 saturated carbocycles. The number of ether oxygens (including phenoxy) is 1. The SMILES string of the molecule is COC(=O)CCSC(C)C(=O)Nc1ccccc1. The highest BCUT2D eigenvalue weighted by Gasteiger charge is 2.14. The van der Waals surface area contributed by atoms with Gasteiger partial charge in [-0.1, -0.05) is 18.2 Å². The van der Waals surface area contributed by atoms with E-state index in [9.17, 15) is 9.59 Å². The number of thioether (sulfide) groups is 1. The molecule has 1 aromatic carbocycles. The Morgan fingerprint density at radius 3 is 2.61 bits per heavy atom. The molecular weight excluding hydrogens is 250 g/mol. The fraction of sp³-hybridized carbons (Fsp3) is 0.385. The molecule has 0 aliphatic heterocycles. The molecule has 0 saturated heterocycles. The normalized spacial score (nSPS) is 11.7. The summed E-state index contributed by atoms with van der Waals surface area (Å²) in [6, 6.07) is 9.30. The molecule has 0 aliphatic rings. The maximum absolute atomic E-state index is 11.8. The monoisotopic (exact) mass is 267 g/mol. The van der Waals surface area contributed by atoms with E-state index in [1.807, 2.05) is 37.3 Å². The zero-order valence-corrected chi connectivity index (χ0v) is 11.3. The van der Waals surface area contributed by atoms with E-state index in [1.165, 1.54) is 18.9 Å². The van der Waals surface area contributed by atoms with Gasteiger partial charge in [0.15, 0.2) is 0 Å². The Labute approximate surface area is 111 Å². The Bertz CT molecular complexity index is 394. The van der Waals surface area contributed by atoms with Gasteiger partial charge in [-0.2, -0.15) is 0 Å². The quantitative estimate of drug-likeness (QED) is 0.804. The highest BCUT2D eigenvalue weighted by Crippen LogP contribution is 2.15. The summed E-state index contributed by atoms with van der Waals surface area (Å²) in [5, 5.41) is 2.62. The average molecular weight is 267 g/mol. The van der Waals surface area contributed by atoms with Gasteiger partial charge in [-0.05, 0) is 19.1 Å². The second kappa shape index (κ2) is 7.76. The van der Waals surface area contributed by atoms with Crippen molar-refractivity contribution in [1.82, 2.24) is 0 Å². The lowest BCUT2D eigenvalue weighted by Crippen LogP contribution is -2.23. The summed E-state index contributed by atoms with van der Waals surface area (Å²) in [5.74, 6) is 0.269. The lowest BCUT2D eigenvalue weighted by Gasteiger charge is -2.11. The van der Waals surface area contributed by atoms with Crippen molar-refractivity contribution in [2.45, 2.75) is 18.6 Å². The molecule has 0 bridgehead atoms. The van der Waals surface area contributed by atoms with E-state index in [4.69, 9.17) is 0 Å².